The molecular formula is C16H14ClNO3. The highest BCUT2D eigenvalue weighted by atomic mass is 35.5. The standard InChI is InChI=1S/C16H14ClNO3/c1-18(16(19)12-4-2-3-5-13(12)17)11-6-7-14-15(10-11)21-9-8-20-14/h2-7,10H,8-9H2,1H3. The molecule has 3 rings (SSSR count). The maximum absolute atomic E-state index is 12.5. The molecule has 2 aromatic rings. The fourth-order valence-corrected chi connectivity index (χ4v) is 2.39. The van der Waals surface area contributed by atoms with Gasteiger partial charge in [-0.2, -0.15) is 0 Å². The molecule has 0 aliphatic carbocycles. The normalized spacial score (nSPS) is 12.9. The minimum absolute atomic E-state index is 0.169. The molecule has 0 N–H and O–H groups in total. The van der Waals surface area contributed by atoms with Gasteiger partial charge in [-0.25, -0.2) is 0 Å². The van der Waals surface area contributed by atoms with E-state index in [1.54, 1.807) is 48.3 Å². The van der Waals surface area contributed by atoms with Gasteiger partial charge in [0.15, 0.2) is 11.5 Å². The maximum Gasteiger partial charge on any atom is 0.259 e. The summed E-state index contributed by atoms with van der Waals surface area (Å²) >= 11 is 6.07. The van der Waals surface area contributed by atoms with Crippen molar-refractivity contribution in [2.75, 3.05) is 25.2 Å². The van der Waals surface area contributed by atoms with Crippen molar-refractivity contribution in [2.45, 2.75) is 0 Å². The Kier molecular flexibility index (Phi) is 3.71. The lowest BCUT2D eigenvalue weighted by Crippen LogP contribution is -2.26. The number of nitrogens with zero attached hydrogens (tertiary/aromatic N) is 1. The molecule has 0 saturated heterocycles. The number of carbonyl (C=O) groups is 1. The fourth-order valence-electron chi connectivity index (χ4n) is 2.17. The van der Waals surface area contributed by atoms with Crippen LogP contribution in [0.25, 0.3) is 0 Å². The number of amides is 1. The van der Waals surface area contributed by atoms with Crippen LogP contribution in [0.1, 0.15) is 10.4 Å². The molecule has 1 heterocycles. The van der Waals surface area contributed by atoms with E-state index in [2.05, 4.69) is 0 Å². The van der Waals surface area contributed by atoms with Gasteiger partial charge in [0.25, 0.3) is 5.91 Å². The topological polar surface area (TPSA) is 38.8 Å². The molecule has 21 heavy (non-hydrogen) atoms. The molecule has 1 aliphatic heterocycles. The van der Waals surface area contributed by atoms with Crippen molar-refractivity contribution < 1.29 is 14.3 Å². The molecule has 1 amide bonds. The molecule has 0 bridgehead atoms. The van der Waals surface area contributed by atoms with Gasteiger partial charge in [-0.3, -0.25) is 4.79 Å². The van der Waals surface area contributed by atoms with E-state index in [1.807, 2.05) is 6.07 Å². The summed E-state index contributed by atoms with van der Waals surface area (Å²) in [4.78, 5) is 14.0. The SMILES string of the molecule is CN(C(=O)c1ccccc1Cl)c1ccc2c(c1)OCCO2. The van der Waals surface area contributed by atoms with Crippen molar-refractivity contribution in [1.29, 1.82) is 0 Å². The molecule has 4 nitrogen and oxygen atoms in total. The molecule has 0 saturated carbocycles. The van der Waals surface area contributed by atoms with Crippen LogP contribution < -0.4 is 14.4 Å². The van der Waals surface area contributed by atoms with Crippen LogP contribution in [-0.2, 0) is 0 Å². The predicted molar refractivity (Wildman–Crippen MR) is 81.6 cm³/mol. The van der Waals surface area contributed by atoms with Crippen LogP contribution in [0.5, 0.6) is 11.5 Å². The van der Waals surface area contributed by atoms with E-state index in [-0.39, 0.29) is 5.91 Å². The lowest BCUT2D eigenvalue weighted by molar-refractivity contribution is 0.0993. The van der Waals surface area contributed by atoms with Gasteiger partial charge >= 0.3 is 0 Å². The Bertz CT molecular complexity index is 687. The second-order valence-corrected chi connectivity index (χ2v) is 5.08. The predicted octanol–water partition coefficient (Wildman–Crippen LogP) is 3.39. The highest BCUT2D eigenvalue weighted by Gasteiger charge is 2.19. The van der Waals surface area contributed by atoms with Gasteiger partial charge in [-0.05, 0) is 24.3 Å². The van der Waals surface area contributed by atoms with Gasteiger partial charge in [0, 0.05) is 18.8 Å². The Hall–Kier alpha value is -2.20. The van der Waals surface area contributed by atoms with Gasteiger partial charge in [0.05, 0.1) is 10.6 Å². The first-order valence-corrected chi connectivity index (χ1v) is 6.97. The summed E-state index contributed by atoms with van der Waals surface area (Å²) in [6.45, 7) is 1.05. The number of hydrogen-bond donors (Lipinski definition) is 0. The molecule has 2 aromatic carbocycles. The Labute approximate surface area is 127 Å². The third kappa shape index (κ3) is 2.67. The van der Waals surface area contributed by atoms with E-state index in [4.69, 9.17) is 21.1 Å². The molecule has 0 atom stereocenters. The van der Waals surface area contributed by atoms with Gasteiger partial charge in [-0.15, -0.1) is 0 Å². The minimum atomic E-state index is -0.169. The monoisotopic (exact) mass is 303 g/mol. The number of carbonyl (C=O) groups excluding carboxylic acids is 1. The number of anilines is 1. The Morgan fingerprint density at radius 3 is 2.57 bits per heavy atom. The molecule has 5 heteroatoms. The zero-order chi connectivity index (χ0) is 14.8. The molecular weight excluding hydrogens is 290 g/mol. The minimum Gasteiger partial charge on any atom is -0.486 e. The summed E-state index contributed by atoms with van der Waals surface area (Å²) in [5.74, 6) is 1.18. The number of fused-ring (bicyclic) bond motifs is 1. The van der Waals surface area contributed by atoms with Crippen LogP contribution in [0.4, 0.5) is 5.69 Å². The molecule has 0 fully saturated rings. The lowest BCUT2D eigenvalue weighted by atomic mass is 10.2. The molecule has 108 valence electrons. The Morgan fingerprint density at radius 2 is 1.81 bits per heavy atom. The average molecular weight is 304 g/mol. The van der Waals surface area contributed by atoms with Crippen LogP contribution in [0.2, 0.25) is 5.02 Å². The fraction of sp³-hybridized carbons (Fsp3) is 0.188. The summed E-state index contributed by atoms with van der Waals surface area (Å²) < 4.78 is 11.0. The zero-order valence-electron chi connectivity index (χ0n) is 11.5. The second-order valence-electron chi connectivity index (χ2n) is 4.67. The van der Waals surface area contributed by atoms with E-state index in [1.165, 1.54) is 0 Å². The van der Waals surface area contributed by atoms with Crippen LogP contribution in [-0.4, -0.2) is 26.2 Å². The third-order valence-corrected chi connectivity index (χ3v) is 3.65. The van der Waals surface area contributed by atoms with Crippen LogP contribution in [0.3, 0.4) is 0 Å². The maximum atomic E-state index is 12.5. The summed E-state index contributed by atoms with van der Waals surface area (Å²) in [6.07, 6.45) is 0. The highest BCUT2D eigenvalue weighted by molar-refractivity contribution is 6.34. The van der Waals surface area contributed by atoms with Gasteiger partial charge in [0.2, 0.25) is 0 Å². The van der Waals surface area contributed by atoms with Crippen molar-refractivity contribution in [3.05, 3.63) is 53.1 Å². The van der Waals surface area contributed by atoms with E-state index in [9.17, 15) is 4.79 Å². The van der Waals surface area contributed by atoms with Crippen molar-refractivity contribution >= 4 is 23.2 Å². The van der Waals surface area contributed by atoms with Gasteiger partial charge < -0.3 is 14.4 Å². The van der Waals surface area contributed by atoms with Crippen molar-refractivity contribution in [3.8, 4) is 11.5 Å². The van der Waals surface area contributed by atoms with E-state index < -0.39 is 0 Å². The number of ether oxygens (including phenoxy) is 2. The van der Waals surface area contributed by atoms with Crippen molar-refractivity contribution in [1.82, 2.24) is 0 Å². The first-order valence-electron chi connectivity index (χ1n) is 6.59. The van der Waals surface area contributed by atoms with Crippen molar-refractivity contribution in [2.24, 2.45) is 0 Å². The van der Waals surface area contributed by atoms with Crippen LogP contribution in [0.15, 0.2) is 42.5 Å². The van der Waals surface area contributed by atoms with Crippen molar-refractivity contribution in [3.63, 3.8) is 0 Å². The van der Waals surface area contributed by atoms with Crippen LogP contribution in [0, 0.1) is 0 Å². The number of rotatable bonds is 2. The van der Waals surface area contributed by atoms with E-state index in [0.29, 0.717) is 35.3 Å². The Balaban J connectivity index is 1.90. The van der Waals surface area contributed by atoms with Crippen LogP contribution >= 0.6 is 11.6 Å². The third-order valence-electron chi connectivity index (χ3n) is 3.32. The van der Waals surface area contributed by atoms with E-state index >= 15 is 0 Å². The summed E-state index contributed by atoms with van der Waals surface area (Å²) in [7, 11) is 1.71. The first-order chi connectivity index (χ1) is 10.2. The lowest BCUT2D eigenvalue weighted by Gasteiger charge is -2.22. The molecule has 0 radical (unpaired) electrons. The molecule has 0 spiro atoms. The highest BCUT2D eigenvalue weighted by Crippen LogP contribution is 2.34. The number of halogens is 1. The molecule has 0 unspecified atom stereocenters. The average Bonchev–Trinajstić information content (AvgIpc) is 2.53. The first kappa shape index (κ1) is 13.8. The number of hydrogen-bond acceptors (Lipinski definition) is 3. The van der Waals surface area contributed by atoms with Gasteiger partial charge in [-0.1, -0.05) is 23.7 Å². The second kappa shape index (κ2) is 5.66. The summed E-state index contributed by atoms with van der Waals surface area (Å²) in [5, 5.41) is 0.437. The van der Waals surface area contributed by atoms with E-state index in [0.717, 1.165) is 5.69 Å². The molecule has 1 aliphatic rings. The summed E-state index contributed by atoms with van der Waals surface area (Å²) in [6, 6.07) is 12.4. The quantitative estimate of drug-likeness (QED) is 0.853. The largest absolute Gasteiger partial charge is 0.486 e. The van der Waals surface area contributed by atoms with Gasteiger partial charge in [0.1, 0.15) is 13.2 Å². The smallest absolute Gasteiger partial charge is 0.259 e. The number of benzene rings is 2. The zero-order valence-corrected chi connectivity index (χ0v) is 12.3. The molecule has 0 aromatic heterocycles. The summed E-state index contributed by atoms with van der Waals surface area (Å²) in [5.41, 5.74) is 1.20. The Morgan fingerprint density at radius 1 is 1.10 bits per heavy atom.